The van der Waals surface area contributed by atoms with Crippen molar-refractivity contribution in [3.05, 3.63) is 12.2 Å². The second-order valence-electron chi connectivity index (χ2n) is 5.03. The van der Waals surface area contributed by atoms with Gasteiger partial charge in [-0.2, -0.15) is 0 Å². The highest BCUT2D eigenvalue weighted by atomic mass is 16.5. The molecule has 5 heteroatoms. The maximum absolute atomic E-state index is 11.7. The SMILES string of the molecule is COCC1CN(C(=O)/C=C/C(=O)O)CC1(C)C. The summed E-state index contributed by atoms with van der Waals surface area (Å²) in [6.07, 6.45) is 1.98. The van der Waals surface area contributed by atoms with Crippen LogP contribution in [0.1, 0.15) is 13.8 Å². The molecular formula is C12H19NO4. The molecule has 0 aromatic carbocycles. The lowest BCUT2D eigenvalue weighted by molar-refractivity contribution is -0.132. The average Bonchev–Trinajstić information content (AvgIpc) is 2.52. The van der Waals surface area contributed by atoms with Crippen LogP contribution in [0, 0.1) is 11.3 Å². The van der Waals surface area contributed by atoms with Gasteiger partial charge in [-0.1, -0.05) is 13.8 Å². The lowest BCUT2D eigenvalue weighted by Crippen LogP contribution is -2.28. The van der Waals surface area contributed by atoms with Gasteiger partial charge in [-0.25, -0.2) is 4.79 Å². The van der Waals surface area contributed by atoms with Gasteiger partial charge in [0.25, 0.3) is 0 Å². The van der Waals surface area contributed by atoms with Crippen molar-refractivity contribution in [2.45, 2.75) is 13.8 Å². The van der Waals surface area contributed by atoms with E-state index >= 15 is 0 Å². The van der Waals surface area contributed by atoms with E-state index in [1.165, 1.54) is 0 Å². The van der Waals surface area contributed by atoms with Gasteiger partial charge in [0.2, 0.25) is 5.91 Å². The normalized spacial score (nSPS) is 23.2. The third-order valence-corrected chi connectivity index (χ3v) is 3.19. The molecule has 0 saturated carbocycles. The number of carbonyl (C=O) groups is 2. The number of methoxy groups -OCH3 is 1. The van der Waals surface area contributed by atoms with E-state index in [1.54, 1.807) is 12.0 Å². The molecule has 5 nitrogen and oxygen atoms in total. The summed E-state index contributed by atoms with van der Waals surface area (Å²) in [5, 5.41) is 8.47. The minimum atomic E-state index is -1.11. The largest absolute Gasteiger partial charge is 0.478 e. The highest BCUT2D eigenvalue weighted by Crippen LogP contribution is 2.35. The van der Waals surface area contributed by atoms with E-state index in [-0.39, 0.29) is 17.2 Å². The Labute approximate surface area is 101 Å². The summed E-state index contributed by atoms with van der Waals surface area (Å²) in [6, 6.07) is 0. The molecule has 1 fully saturated rings. The van der Waals surface area contributed by atoms with Crippen molar-refractivity contribution in [3.8, 4) is 0 Å². The van der Waals surface area contributed by atoms with Crippen molar-refractivity contribution >= 4 is 11.9 Å². The van der Waals surface area contributed by atoms with E-state index in [1.807, 2.05) is 0 Å². The Bertz CT molecular complexity index is 335. The maximum atomic E-state index is 11.7. The first-order valence-corrected chi connectivity index (χ1v) is 5.55. The summed E-state index contributed by atoms with van der Waals surface area (Å²) in [5.74, 6) is -1.07. The maximum Gasteiger partial charge on any atom is 0.328 e. The van der Waals surface area contributed by atoms with Gasteiger partial charge < -0.3 is 14.7 Å². The molecule has 1 N–H and O–H groups in total. The standard InChI is InChI=1S/C12H19NO4/c1-12(2)8-13(6-9(12)7-17-3)10(14)4-5-11(15)16/h4-5,9H,6-8H2,1-3H3,(H,15,16)/b5-4+. The molecule has 0 spiro atoms. The number of nitrogens with zero attached hydrogens (tertiary/aromatic N) is 1. The van der Waals surface area contributed by atoms with Crippen LogP contribution >= 0.6 is 0 Å². The van der Waals surface area contributed by atoms with Gasteiger partial charge in [0.05, 0.1) is 6.61 Å². The Morgan fingerprint density at radius 2 is 2.12 bits per heavy atom. The number of carboxylic acid groups (broad SMARTS) is 1. The molecule has 1 saturated heterocycles. The van der Waals surface area contributed by atoms with Crippen molar-refractivity contribution in [2.75, 3.05) is 26.8 Å². The number of carboxylic acids is 1. The molecule has 1 aliphatic rings. The molecule has 0 aromatic heterocycles. The van der Waals surface area contributed by atoms with Crippen molar-refractivity contribution in [3.63, 3.8) is 0 Å². The fourth-order valence-electron chi connectivity index (χ4n) is 2.09. The minimum Gasteiger partial charge on any atom is -0.478 e. The van der Waals surface area contributed by atoms with Crippen molar-refractivity contribution in [1.29, 1.82) is 0 Å². The van der Waals surface area contributed by atoms with Crippen molar-refractivity contribution in [2.24, 2.45) is 11.3 Å². The number of rotatable bonds is 4. The smallest absolute Gasteiger partial charge is 0.328 e. The van der Waals surface area contributed by atoms with Crippen LogP contribution in [-0.4, -0.2) is 48.7 Å². The topological polar surface area (TPSA) is 66.8 Å². The fourth-order valence-corrected chi connectivity index (χ4v) is 2.09. The molecule has 17 heavy (non-hydrogen) atoms. The molecule has 1 rings (SSSR count). The fraction of sp³-hybridized carbons (Fsp3) is 0.667. The zero-order chi connectivity index (χ0) is 13.1. The van der Waals surface area contributed by atoms with E-state index < -0.39 is 5.97 Å². The van der Waals surface area contributed by atoms with Crippen LogP contribution in [0.4, 0.5) is 0 Å². The first-order valence-electron chi connectivity index (χ1n) is 5.55. The lowest BCUT2D eigenvalue weighted by Gasteiger charge is -2.24. The number of hydrogen-bond donors (Lipinski definition) is 1. The summed E-state index contributed by atoms with van der Waals surface area (Å²) in [7, 11) is 1.64. The minimum absolute atomic E-state index is 0.00271. The van der Waals surface area contributed by atoms with Crippen molar-refractivity contribution in [1.82, 2.24) is 4.90 Å². The van der Waals surface area contributed by atoms with Crippen LogP contribution in [0.2, 0.25) is 0 Å². The quantitative estimate of drug-likeness (QED) is 0.738. The number of likely N-dealkylation sites (tertiary alicyclic amines) is 1. The molecule has 1 heterocycles. The van der Waals surface area contributed by atoms with Gasteiger partial charge >= 0.3 is 5.97 Å². The van der Waals surface area contributed by atoms with E-state index in [9.17, 15) is 9.59 Å². The molecule has 0 aliphatic carbocycles. The third-order valence-electron chi connectivity index (χ3n) is 3.19. The molecule has 96 valence electrons. The molecule has 1 unspecified atom stereocenters. The van der Waals surface area contributed by atoms with E-state index in [2.05, 4.69) is 13.8 Å². The van der Waals surface area contributed by atoms with Gasteiger partial charge in [-0.05, 0) is 5.41 Å². The van der Waals surface area contributed by atoms with Crippen LogP contribution in [0.25, 0.3) is 0 Å². The molecule has 1 atom stereocenters. The predicted octanol–water partition coefficient (Wildman–Crippen LogP) is 0.758. The second-order valence-corrected chi connectivity index (χ2v) is 5.03. The van der Waals surface area contributed by atoms with E-state index in [0.29, 0.717) is 19.7 Å². The first kappa shape index (κ1) is 13.7. The summed E-state index contributed by atoms with van der Waals surface area (Å²) >= 11 is 0. The van der Waals surface area contributed by atoms with Gasteiger partial charge in [-0.15, -0.1) is 0 Å². The highest BCUT2D eigenvalue weighted by molar-refractivity contribution is 5.94. The van der Waals surface area contributed by atoms with E-state index in [4.69, 9.17) is 9.84 Å². The monoisotopic (exact) mass is 241 g/mol. The summed E-state index contributed by atoms with van der Waals surface area (Å²) in [4.78, 5) is 23.7. The predicted molar refractivity (Wildman–Crippen MR) is 62.5 cm³/mol. The average molecular weight is 241 g/mol. The number of aliphatic carboxylic acids is 1. The van der Waals surface area contributed by atoms with Gasteiger partial charge in [0.1, 0.15) is 0 Å². The Hall–Kier alpha value is -1.36. The molecular weight excluding hydrogens is 222 g/mol. The lowest BCUT2D eigenvalue weighted by atomic mass is 9.83. The zero-order valence-corrected chi connectivity index (χ0v) is 10.5. The molecule has 0 radical (unpaired) electrons. The first-order chi connectivity index (χ1) is 7.86. The van der Waals surface area contributed by atoms with Crippen LogP contribution in [0.5, 0.6) is 0 Å². The molecule has 1 aliphatic heterocycles. The van der Waals surface area contributed by atoms with E-state index in [0.717, 1.165) is 12.2 Å². The van der Waals surface area contributed by atoms with Crippen molar-refractivity contribution < 1.29 is 19.4 Å². The number of carbonyl (C=O) groups excluding carboxylic acids is 1. The Morgan fingerprint density at radius 3 is 2.65 bits per heavy atom. The summed E-state index contributed by atoms with van der Waals surface area (Å²) in [5.41, 5.74) is 0.00271. The summed E-state index contributed by atoms with van der Waals surface area (Å²) < 4.78 is 5.14. The highest BCUT2D eigenvalue weighted by Gasteiger charge is 2.40. The molecule has 0 aromatic rings. The van der Waals surface area contributed by atoms with Crippen LogP contribution in [0.15, 0.2) is 12.2 Å². The number of ether oxygens (including phenoxy) is 1. The van der Waals surface area contributed by atoms with Crippen LogP contribution in [-0.2, 0) is 14.3 Å². The van der Waals surface area contributed by atoms with Gasteiger partial charge in [0, 0.05) is 38.3 Å². The molecule has 1 amide bonds. The Kier molecular flexibility index (Phi) is 4.28. The van der Waals surface area contributed by atoms with Crippen LogP contribution in [0.3, 0.4) is 0 Å². The number of hydrogen-bond acceptors (Lipinski definition) is 3. The Morgan fingerprint density at radius 1 is 1.47 bits per heavy atom. The van der Waals surface area contributed by atoms with Crippen LogP contribution < -0.4 is 0 Å². The van der Waals surface area contributed by atoms with Gasteiger partial charge in [0.15, 0.2) is 0 Å². The Balaban J connectivity index is 2.64. The summed E-state index contributed by atoms with van der Waals surface area (Å²) in [6.45, 7) is 6.03. The number of amides is 1. The second kappa shape index (κ2) is 5.31. The zero-order valence-electron chi connectivity index (χ0n) is 10.5. The third kappa shape index (κ3) is 3.56. The molecule has 0 bridgehead atoms. The van der Waals surface area contributed by atoms with Gasteiger partial charge in [-0.3, -0.25) is 4.79 Å².